The first-order valence-corrected chi connectivity index (χ1v) is 10.7. The molecule has 98 valence electrons. The molecule has 0 bridgehead atoms. The Balaban J connectivity index is 2.52. The molecule has 4 nitrogen and oxygen atoms in total. The van der Waals surface area contributed by atoms with Crippen molar-refractivity contribution in [2.24, 2.45) is 0 Å². The second kappa shape index (κ2) is 6.35. The Morgan fingerprint density at radius 1 is 1.29 bits per heavy atom. The standard InChI is InChI=1S/C10H18Br2N2O2Si/c1-15-10-13-8(11)9(12)14(10)7-16-5-6-17(2,3)4/h5-7H2,1-4H3. The maximum Gasteiger partial charge on any atom is 0.299 e. The minimum Gasteiger partial charge on any atom is -0.468 e. The summed E-state index contributed by atoms with van der Waals surface area (Å²) in [5, 5.41) is 0. The van der Waals surface area contributed by atoms with E-state index >= 15 is 0 Å². The molecule has 0 aliphatic rings. The Morgan fingerprint density at radius 2 is 1.94 bits per heavy atom. The zero-order chi connectivity index (χ0) is 13.1. The fraction of sp³-hybridized carbons (Fsp3) is 0.700. The van der Waals surface area contributed by atoms with Crippen molar-refractivity contribution in [3.8, 4) is 6.01 Å². The molecule has 0 amide bonds. The van der Waals surface area contributed by atoms with E-state index in [1.54, 1.807) is 7.11 Å². The molecule has 1 aromatic rings. The van der Waals surface area contributed by atoms with Crippen LogP contribution in [0.5, 0.6) is 6.01 Å². The Labute approximate surface area is 120 Å². The molecular weight excluding hydrogens is 368 g/mol. The molecule has 0 fully saturated rings. The summed E-state index contributed by atoms with van der Waals surface area (Å²) < 4.78 is 14.2. The van der Waals surface area contributed by atoms with Gasteiger partial charge in [-0.3, -0.25) is 4.57 Å². The van der Waals surface area contributed by atoms with Gasteiger partial charge in [-0.15, -0.1) is 0 Å². The first-order chi connectivity index (χ1) is 7.85. The van der Waals surface area contributed by atoms with Gasteiger partial charge in [-0.05, 0) is 37.9 Å². The number of imidazole rings is 1. The van der Waals surface area contributed by atoms with E-state index in [1.807, 2.05) is 4.57 Å². The van der Waals surface area contributed by atoms with Crippen molar-refractivity contribution >= 4 is 39.9 Å². The molecule has 0 unspecified atom stereocenters. The van der Waals surface area contributed by atoms with E-state index in [-0.39, 0.29) is 0 Å². The largest absolute Gasteiger partial charge is 0.468 e. The predicted octanol–water partition coefficient (Wildman–Crippen LogP) is 3.73. The highest BCUT2D eigenvalue weighted by atomic mass is 79.9. The smallest absolute Gasteiger partial charge is 0.299 e. The number of hydrogen-bond donors (Lipinski definition) is 0. The highest BCUT2D eigenvalue weighted by molar-refractivity contribution is 9.13. The second-order valence-corrected chi connectivity index (χ2v) is 12.1. The maximum atomic E-state index is 5.66. The van der Waals surface area contributed by atoms with Gasteiger partial charge in [0, 0.05) is 14.7 Å². The summed E-state index contributed by atoms with van der Waals surface area (Å²) in [5.41, 5.74) is 0. The molecule has 0 aliphatic carbocycles. The van der Waals surface area contributed by atoms with Crippen LogP contribution < -0.4 is 4.74 Å². The van der Waals surface area contributed by atoms with E-state index in [0.29, 0.717) is 12.7 Å². The summed E-state index contributed by atoms with van der Waals surface area (Å²) in [5.74, 6) is 0. The van der Waals surface area contributed by atoms with Gasteiger partial charge in [0.1, 0.15) is 15.9 Å². The van der Waals surface area contributed by atoms with Crippen LogP contribution in [0.1, 0.15) is 0 Å². The lowest BCUT2D eigenvalue weighted by Crippen LogP contribution is -2.22. The summed E-state index contributed by atoms with van der Waals surface area (Å²) in [4.78, 5) is 4.20. The van der Waals surface area contributed by atoms with Gasteiger partial charge in [0.15, 0.2) is 0 Å². The number of nitrogens with zero attached hydrogens (tertiary/aromatic N) is 2. The molecule has 1 rings (SSSR count). The van der Waals surface area contributed by atoms with Gasteiger partial charge >= 0.3 is 0 Å². The van der Waals surface area contributed by atoms with Gasteiger partial charge in [-0.2, -0.15) is 4.98 Å². The predicted molar refractivity (Wildman–Crippen MR) is 78.3 cm³/mol. The topological polar surface area (TPSA) is 36.3 Å². The van der Waals surface area contributed by atoms with Crippen LogP contribution in [-0.4, -0.2) is 31.3 Å². The van der Waals surface area contributed by atoms with E-state index in [9.17, 15) is 0 Å². The normalized spacial score (nSPS) is 11.9. The zero-order valence-electron chi connectivity index (χ0n) is 10.6. The lowest BCUT2D eigenvalue weighted by atomic mass is 10.8. The molecule has 17 heavy (non-hydrogen) atoms. The molecular formula is C10H18Br2N2O2Si. The molecule has 0 radical (unpaired) electrons. The first kappa shape index (κ1) is 15.2. The van der Waals surface area contributed by atoms with E-state index < -0.39 is 8.07 Å². The van der Waals surface area contributed by atoms with Crippen LogP contribution in [0.25, 0.3) is 0 Å². The Kier molecular flexibility index (Phi) is 5.68. The zero-order valence-corrected chi connectivity index (χ0v) is 14.8. The van der Waals surface area contributed by atoms with E-state index in [4.69, 9.17) is 9.47 Å². The summed E-state index contributed by atoms with van der Waals surface area (Å²) in [6.07, 6.45) is 0. The summed E-state index contributed by atoms with van der Waals surface area (Å²) in [6, 6.07) is 1.69. The molecule has 1 aromatic heterocycles. The SMILES string of the molecule is COc1nc(Br)c(Br)n1COCC[Si](C)(C)C. The Bertz CT molecular complexity index is 377. The maximum absolute atomic E-state index is 5.66. The van der Waals surface area contributed by atoms with Crippen molar-refractivity contribution in [1.29, 1.82) is 0 Å². The summed E-state index contributed by atoms with van der Waals surface area (Å²) in [7, 11) is 0.569. The minimum atomic E-state index is -1.03. The monoisotopic (exact) mass is 384 g/mol. The number of ether oxygens (including phenoxy) is 2. The number of rotatable bonds is 6. The van der Waals surface area contributed by atoms with Crippen LogP contribution in [0.2, 0.25) is 25.7 Å². The van der Waals surface area contributed by atoms with Crippen molar-refractivity contribution in [3.63, 3.8) is 0 Å². The van der Waals surface area contributed by atoms with Gasteiger partial charge in [-0.1, -0.05) is 19.6 Å². The van der Waals surface area contributed by atoms with Gasteiger partial charge < -0.3 is 9.47 Å². The van der Waals surface area contributed by atoms with Crippen LogP contribution in [0.3, 0.4) is 0 Å². The third-order valence-corrected chi connectivity index (χ3v) is 5.82. The van der Waals surface area contributed by atoms with Crippen LogP contribution >= 0.6 is 31.9 Å². The average Bonchev–Trinajstić information content (AvgIpc) is 2.49. The molecule has 0 atom stereocenters. The lowest BCUT2D eigenvalue weighted by molar-refractivity contribution is 0.0794. The molecule has 0 spiro atoms. The molecule has 0 aliphatic heterocycles. The van der Waals surface area contributed by atoms with Crippen molar-refractivity contribution in [1.82, 2.24) is 9.55 Å². The number of halogens is 2. The van der Waals surface area contributed by atoms with Crippen LogP contribution in [0.15, 0.2) is 9.21 Å². The van der Waals surface area contributed by atoms with Crippen LogP contribution in [0, 0.1) is 0 Å². The van der Waals surface area contributed by atoms with Gasteiger partial charge in [-0.25, -0.2) is 0 Å². The second-order valence-electron chi connectivity index (χ2n) is 4.96. The van der Waals surface area contributed by atoms with Gasteiger partial charge in [0.05, 0.1) is 7.11 Å². The van der Waals surface area contributed by atoms with Crippen molar-refractivity contribution in [2.45, 2.75) is 32.4 Å². The number of methoxy groups -OCH3 is 1. The van der Waals surface area contributed by atoms with Gasteiger partial charge in [0.2, 0.25) is 0 Å². The lowest BCUT2D eigenvalue weighted by Gasteiger charge is -2.16. The first-order valence-electron chi connectivity index (χ1n) is 5.38. The Hall–Kier alpha value is 0.147. The van der Waals surface area contributed by atoms with Crippen molar-refractivity contribution in [3.05, 3.63) is 9.21 Å². The molecule has 0 aromatic carbocycles. The summed E-state index contributed by atoms with van der Waals surface area (Å²) in [6.45, 7) is 8.23. The van der Waals surface area contributed by atoms with E-state index in [1.165, 1.54) is 0 Å². The highest BCUT2D eigenvalue weighted by Crippen LogP contribution is 2.27. The fourth-order valence-electron chi connectivity index (χ4n) is 1.19. The third-order valence-electron chi connectivity index (χ3n) is 2.23. The van der Waals surface area contributed by atoms with E-state index in [0.717, 1.165) is 21.9 Å². The molecule has 0 saturated carbocycles. The Morgan fingerprint density at radius 3 is 2.47 bits per heavy atom. The van der Waals surface area contributed by atoms with Gasteiger partial charge in [0.25, 0.3) is 6.01 Å². The minimum absolute atomic E-state index is 0.451. The van der Waals surface area contributed by atoms with Crippen molar-refractivity contribution in [2.75, 3.05) is 13.7 Å². The molecule has 7 heteroatoms. The number of hydrogen-bond acceptors (Lipinski definition) is 3. The number of aromatic nitrogens is 2. The van der Waals surface area contributed by atoms with E-state index in [2.05, 4.69) is 56.5 Å². The third kappa shape index (κ3) is 4.73. The highest BCUT2D eigenvalue weighted by Gasteiger charge is 2.15. The average molecular weight is 386 g/mol. The molecule has 0 saturated heterocycles. The summed E-state index contributed by atoms with van der Waals surface area (Å²) >= 11 is 6.78. The van der Waals surface area contributed by atoms with Crippen LogP contribution in [0.4, 0.5) is 0 Å². The van der Waals surface area contributed by atoms with Crippen LogP contribution in [-0.2, 0) is 11.5 Å². The quantitative estimate of drug-likeness (QED) is 0.552. The fourth-order valence-corrected chi connectivity index (χ4v) is 2.65. The molecule has 0 N–H and O–H groups in total. The van der Waals surface area contributed by atoms with Crippen molar-refractivity contribution < 1.29 is 9.47 Å². The molecule has 1 heterocycles.